The summed E-state index contributed by atoms with van der Waals surface area (Å²) in [6.07, 6.45) is 0. The third-order valence-corrected chi connectivity index (χ3v) is 0. The Hall–Kier alpha value is 1.11. The summed E-state index contributed by atoms with van der Waals surface area (Å²) in [5, 5.41) is 0. The van der Waals surface area contributed by atoms with Crippen molar-refractivity contribution in [2.24, 2.45) is 0 Å². The summed E-state index contributed by atoms with van der Waals surface area (Å²) < 4.78 is 0. The fourth-order valence-electron chi connectivity index (χ4n) is 0. The van der Waals surface area contributed by atoms with Crippen molar-refractivity contribution in [2.45, 2.75) is 0 Å². The van der Waals surface area contributed by atoms with E-state index in [9.17, 15) is 0 Å². The molecule has 0 aromatic heterocycles. The van der Waals surface area contributed by atoms with E-state index in [4.69, 9.17) is 29.4 Å². The van der Waals surface area contributed by atoms with Gasteiger partial charge in [-0.2, -0.15) is 0 Å². The molecule has 0 aliphatic rings. The molecule has 0 spiro atoms. The molecule has 0 rings (SSSR count). The molecule has 0 aliphatic carbocycles. The summed E-state index contributed by atoms with van der Waals surface area (Å²) in [6.45, 7) is 0. The molecule has 0 aromatic rings. The monoisotopic (exact) mass is 220 g/mol. The molecule has 9 heavy (non-hydrogen) atoms. The quantitative estimate of drug-likeness (QED) is 0.256. The van der Waals surface area contributed by atoms with Crippen LogP contribution in [0, 0.1) is 0 Å². The van der Waals surface area contributed by atoms with Crippen LogP contribution in [0.25, 0.3) is 0 Å². The van der Waals surface area contributed by atoms with Gasteiger partial charge in [0.1, 0.15) is 0 Å². The summed E-state index contributed by atoms with van der Waals surface area (Å²) in [7, 11) is -5.74. The van der Waals surface area contributed by atoms with Gasteiger partial charge in [-0.3, -0.25) is 0 Å². The maximum absolute atomic E-state index is 8.70. The van der Waals surface area contributed by atoms with Crippen molar-refractivity contribution in [1.29, 1.82) is 0 Å². The normalized spacial score (nSPS) is 8.00. The predicted molar refractivity (Wildman–Crippen MR) is 22.7 cm³/mol. The van der Waals surface area contributed by atoms with Gasteiger partial charge in [0.05, 0.1) is 17.2 Å². The van der Waals surface area contributed by atoms with Crippen LogP contribution in [-0.4, -0.2) is 19.6 Å². The Morgan fingerprint density at radius 2 is 0.778 bits per heavy atom. The molecule has 0 aromatic carbocycles. The topological polar surface area (TPSA) is 127 Å². The molecule has 6 nitrogen and oxygen atoms in total. The van der Waals surface area contributed by atoms with E-state index in [-0.39, 0.29) is 16.5 Å². The van der Waals surface area contributed by atoms with Crippen LogP contribution in [0.3, 0.4) is 0 Å². The van der Waals surface area contributed by atoms with Crippen LogP contribution in [0.5, 0.6) is 0 Å². The zero-order chi connectivity index (χ0) is 7.15. The second-order valence-electron chi connectivity index (χ2n) is 0.505. The molecule has 0 fully saturated rings. The van der Waals surface area contributed by atoms with E-state index in [0.29, 0.717) is 0 Å². The van der Waals surface area contributed by atoms with Gasteiger partial charge in [-0.25, -0.2) is 0 Å². The SMILES string of the molecule is [Ni+2].[O-]P(O)O.[O-]P(O)O. The molecule has 0 radical (unpaired) electrons. The first-order valence-corrected chi connectivity index (χ1v) is 3.50. The van der Waals surface area contributed by atoms with E-state index in [1.165, 1.54) is 0 Å². The van der Waals surface area contributed by atoms with Crippen LogP contribution < -0.4 is 9.79 Å². The average Bonchev–Trinajstić information content (AvgIpc) is 1.25. The van der Waals surface area contributed by atoms with Crippen molar-refractivity contribution in [3.63, 3.8) is 0 Å². The van der Waals surface area contributed by atoms with Crippen molar-refractivity contribution in [3.05, 3.63) is 0 Å². The summed E-state index contributed by atoms with van der Waals surface area (Å²) in [4.78, 5) is 45.9. The molecule has 0 heterocycles. The van der Waals surface area contributed by atoms with Gasteiger partial charge in [-0.15, -0.1) is 0 Å². The van der Waals surface area contributed by atoms with Gasteiger partial charge < -0.3 is 29.4 Å². The first kappa shape index (κ1) is 16.6. The molecule has 0 unspecified atom stereocenters. The Morgan fingerprint density at radius 1 is 0.778 bits per heavy atom. The van der Waals surface area contributed by atoms with Crippen molar-refractivity contribution in [3.8, 4) is 0 Å². The molecule has 0 bridgehead atoms. The van der Waals surface area contributed by atoms with E-state index < -0.39 is 17.2 Å². The van der Waals surface area contributed by atoms with Crippen LogP contribution in [0.1, 0.15) is 0 Å². The van der Waals surface area contributed by atoms with Crippen LogP contribution in [0.2, 0.25) is 0 Å². The predicted octanol–water partition coefficient (Wildman–Crippen LogP) is -2.89. The minimum Gasteiger partial charge on any atom is -0.786 e. The Kier molecular flexibility index (Phi) is 21.9. The minimum atomic E-state index is -2.87. The second kappa shape index (κ2) is 11.9. The van der Waals surface area contributed by atoms with Gasteiger partial charge >= 0.3 is 16.5 Å². The Morgan fingerprint density at radius 3 is 0.778 bits per heavy atom. The summed E-state index contributed by atoms with van der Waals surface area (Å²) >= 11 is 0. The average molecular weight is 221 g/mol. The maximum atomic E-state index is 8.70. The van der Waals surface area contributed by atoms with Crippen LogP contribution >= 0.6 is 17.2 Å². The zero-order valence-corrected chi connectivity index (χ0v) is 6.59. The van der Waals surface area contributed by atoms with Crippen molar-refractivity contribution in [1.82, 2.24) is 0 Å². The standard InChI is InChI=1S/Ni.2H2O3P/c;2*1-4(2)3/h;2*1-2H/q+2;2*-1. The molecule has 0 atom stereocenters. The number of hydrogen-bond donors (Lipinski definition) is 4. The van der Waals surface area contributed by atoms with E-state index in [2.05, 4.69) is 0 Å². The third kappa shape index (κ3) is 372. The molecule has 0 amide bonds. The van der Waals surface area contributed by atoms with Crippen molar-refractivity contribution >= 4 is 17.2 Å². The van der Waals surface area contributed by atoms with E-state index in [1.807, 2.05) is 0 Å². The smallest absolute Gasteiger partial charge is 0.786 e. The maximum Gasteiger partial charge on any atom is 2.00 e. The first-order valence-electron chi connectivity index (χ1n) is 1.17. The summed E-state index contributed by atoms with van der Waals surface area (Å²) in [5.41, 5.74) is 0. The molecule has 4 N–H and O–H groups in total. The van der Waals surface area contributed by atoms with Gasteiger partial charge in [0.2, 0.25) is 0 Å². The Labute approximate surface area is 63.7 Å². The van der Waals surface area contributed by atoms with Gasteiger partial charge in [0, 0.05) is 0 Å². The minimum absolute atomic E-state index is 0. The van der Waals surface area contributed by atoms with Crippen LogP contribution in [0.15, 0.2) is 0 Å². The molecule has 60 valence electrons. The molecular weight excluding hydrogens is 217 g/mol. The molecule has 0 aliphatic heterocycles. The summed E-state index contributed by atoms with van der Waals surface area (Å²) in [5.74, 6) is 0. The second-order valence-corrected chi connectivity index (χ2v) is 1.52. The summed E-state index contributed by atoms with van der Waals surface area (Å²) in [6, 6.07) is 0. The molecular formula is H4NiO6P2. The zero-order valence-electron chi connectivity index (χ0n) is 3.82. The molecule has 0 saturated carbocycles. The molecule has 0 saturated heterocycles. The fraction of sp³-hybridized carbons (Fsp3) is 0. The van der Waals surface area contributed by atoms with E-state index in [1.54, 1.807) is 0 Å². The van der Waals surface area contributed by atoms with E-state index in [0.717, 1.165) is 0 Å². The largest absolute Gasteiger partial charge is 2.00 e. The Balaban J connectivity index is -0.0000000720. The van der Waals surface area contributed by atoms with Crippen LogP contribution in [-0.2, 0) is 16.5 Å². The number of hydrogen-bond acceptors (Lipinski definition) is 6. The van der Waals surface area contributed by atoms with Gasteiger partial charge in [-0.1, -0.05) is 0 Å². The number of rotatable bonds is 0. The third-order valence-electron chi connectivity index (χ3n) is 0. The molecule has 9 heteroatoms. The van der Waals surface area contributed by atoms with Crippen molar-refractivity contribution in [2.75, 3.05) is 0 Å². The fourth-order valence-corrected chi connectivity index (χ4v) is 0. The van der Waals surface area contributed by atoms with Crippen LogP contribution in [0.4, 0.5) is 0 Å². The van der Waals surface area contributed by atoms with E-state index >= 15 is 0 Å². The van der Waals surface area contributed by atoms with Crippen molar-refractivity contribution < 1.29 is 45.9 Å². The van der Waals surface area contributed by atoms with Gasteiger partial charge in [0.25, 0.3) is 0 Å². The first-order chi connectivity index (χ1) is 3.46. The van der Waals surface area contributed by atoms with Gasteiger partial charge in [0.15, 0.2) is 0 Å². The van der Waals surface area contributed by atoms with Gasteiger partial charge in [-0.05, 0) is 0 Å². The Bertz CT molecular complexity index is 26.5.